The van der Waals surface area contributed by atoms with Crippen LogP contribution in [0.1, 0.15) is 24.8 Å². The van der Waals surface area contributed by atoms with Gasteiger partial charge in [-0.15, -0.1) is 0 Å². The lowest BCUT2D eigenvalue weighted by atomic mass is 10.3. The maximum atomic E-state index is 12.2. The standard InChI is InChI=1S/C13H19N5O3/c1-4-5-18-11(14)10(12(19)17(3)13(18)20)15-7-9-6-8(2)16-21-9/h6,15H,4-5,7,14H2,1-3H3. The summed E-state index contributed by atoms with van der Waals surface area (Å²) < 4.78 is 7.49. The second kappa shape index (κ2) is 5.86. The van der Waals surface area contributed by atoms with Crippen molar-refractivity contribution in [3.05, 3.63) is 38.4 Å². The molecular formula is C13H19N5O3. The van der Waals surface area contributed by atoms with Gasteiger partial charge in [0.2, 0.25) is 0 Å². The van der Waals surface area contributed by atoms with Crippen molar-refractivity contribution in [2.45, 2.75) is 33.4 Å². The lowest BCUT2D eigenvalue weighted by Gasteiger charge is -2.14. The van der Waals surface area contributed by atoms with Gasteiger partial charge >= 0.3 is 5.69 Å². The number of nitrogens with zero attached hydrogens (tertiary/aromatic N) is 3. The number of hydrogen-bond donors (Lipinski definition) is 2. The van der Waals surface area contributed by atoms with Gasteiger partial charge < -0.3 is 15.6 Å². The smallest absolute Gasteiger partial charge is 0.332 e. The molecule has 0 fully saturated rings. The fourth-order valence-corrected chi connectivity index (χ4v) is 2.06. The summed E-state index contributed by atoms with van der Waals surface area (Å²) in [4.78, 5) is 24.2. The summed E-state index contributed by atoms with van der Waals surface area (Å²) in [6.45, 7) is 4.46. The number of nitrogens with two attached hydrogens (primary N) is 1. The van der Waals surface area contributed by atoms with E-state index in [9.17, 15) is 9.59 Å². The van der Waals surface area contributed by atoms with Crippen molar-refractivity contribution in [3.63, 3.8) is 0 Å². The zero-order valence-electron chi connectivity index (χ0n) is 12.3. The summed E-state index contributed by atoms with van der Waals surface area (Å²) in [5.41, 5.74) is 6.02. The largest absolute Gasteiger partial charge is 0.383 e. The van der Waals surface area contributed by atoms with Crippen LogP contribution in [-0.2, 0) is 20.1 Å². The van der Waals surface area contributed by atoms with E-state index < -0.39 is 11.2 Å². The van der Waals surface area contributed by atoms with E-state index in [2.05, 4.69) is 10.5 Å². The van der Waals surface area contributed by atoms with Gasteiger partial charge in [-0.05, 0) is 13.3 Å². The Balaban J connectivity index is 2.38. The summed E-state index contributed by atoms with van der Waals surface area (Å²) in [5, 5.41) is 6.69. The van der Waals surface area contributed by atoms with Crippen LogP contribution >= 0.6 is 0 Å². The average Bonchev–Trinajstić information content (AvgIpc) is 2.87. The van der Waals surface area contributed by atoms with Gasteiger partial charge in [-0.3, -0.25) is 13.9 Å². The van der Waals surface area contributed by atoms with Crippen molar-refractivity contribution < 1.29 is 4.52 Å². The van der Waals surface area contributed by atoms with E-state index in [1.165, 1.54) is 11.6 Å². The molecule has 3 N–H and O–H groups in total. The quantitative estimate of drug-likeness (QED) is 0.828. The molecule has 8 heteroatoms. The molecule has 2 rings (SSSR count). The summed E-state index contributed by atoms with van der Waals surface area (Å²) in [6.07, 6.45) is 0.739. The van der Waals surface area contributed by atoms with E-state index in [0.29, 0.717) is 12.3 Å². The topological polar surface area (TPSA) is 108 Å². The molecule has 0 saturated heterocycles. The highest BCUT2D eigenvalue weighted by Crippen LogP contribution is 2.13. The molecule has 0 radical (unpaired) electrons. The third-order valence-electron chi connectivity index (χ3n) is 3.15. The third kappa shape index (κ3) is 2.83. The molecule has 0 amide bonds. The normalized spacial score (nSPS) is 10.8. The van der Waals surface area contributed by atoms with Crippen LogP contribution in [0, 0.1) is 6.92 Å². The van der Waals surface area contributed by atoms with Gasteiger partial charge in [0.1, 0.15) is 11.5 Å². The maximum absolute atomic E-state index is 12.2. The zero-order valence-corrected chi connectivity index (χ0v) is 12.3. The molecule has 21 heavy (non-hydrogen) atoms. The highest BCUT2D eigenvalue weighted by molar-refractivity contribution is 5.60. The first-order valence-electron chi connectivity index (χ1n) is 6.71. The summed E-state index contributed by atoms with van der Waals surface area (Å²) in [7, 11) is 1.43. The molecule has 0 aliphatic heterocycles. The molecule has 0 aromatic carbocycles. The summed E-state index contributed by atoms with van der Waals surface area (Å²) in [6, 6.07) is 1.76. The first kappa shape index (κ1) is 14.9. The molecule has 2 heterocycles. The van der Waals surface area contributed by atoms with Gasteiger partial charge in [-0.25, -0.2) is 4.79 Å². The molecule has 2 aromatic rings. The van der Waals surface area contributed by atoms with Gasteiger partial charge in [0.05, 0.1) is 12.2 Å². The van der Waals surface area contributed by atoms with Crippen molar-refractivity contribution in [1.29, 1.82) is 0 Å². The molecule has 0 spiro atoms. The molecule has 0 aliphatic carbocycles. The molecular weight excluding hydrogens is 274 g/mol. The Labute approximate surface area is 121 Å². The fourth-order valence-electron chi connectivity index (χ4n) is 2.06. The zero-order chi connectivity index (χ0) is 15.6. The minimum Gasteiger partial charge on any atom is -0.383 e. The molecule has 0 bridgehead atoms. The molecule has 8 nitrogen and oxygen atoms in total. The van der Waals surface area contributed by atoms with Crippen LogP contribution in [0.2, 0.25) is 0 Å². The van der Waals surface area contributed by atoms with Crippen LogP contribution in [0.5, 0.6) is 0 Å². The highest BCUT2D eigenvalue weighted by atomic mass is 16.5. The number of hydrogen-bond acceptors (Lipinski definition) is 6. The highest BCUT2D eigenvalue weighted by Gasteiger charge is 2.15. The van der Waals surface area contributed by atoms with E-state index in [1.54, 1.807) is 6.07 Å². The minimum absolute atomic E-state index is 0.140. The number of nitrogen functional groups attached to an aromatic ring is 1. The van der Waals surface area contributed by atoms with Gasteiger partial charge in [0.25, 0.3) is 5.56 Å². The van der Waals surface area contributed by atoms with Crippen LogP contribution in [0.4, 0.5) is 11.5 Å². The fraction of sp³-hybridized carbons (Fsp3) is 0.462. The van der Waals surface area contributed by atoms with E-state index in [0.717, 1.165) is 16.7 Å². The van der Waals surface area contributed by atoms with Crippen LogP contribution in [0.15, 0.2) is 20.2 Å². The lowest BCUT2D eigenvalue weighted by molar-refractivity contribution is 0.384. The Morgan fingerprint density at radius 1 is 1.43 bits per heavy atom. The van der Waals surface area contributed by atoms with Crippen molar-refractivity contribution in [2.75, 3.05) is 11.1 Å². The Morgan fingerprint density at radius 2 is 2.14 bits per heavy atom. The van der Waals surface area contributed by atoms with Gasteiger partial charge in [0, 0.05) is 19.7 Å². The molecule has 114 valence electrons. The average molecular weight is 293 g/mol. The SMILES string of the molecule is CCCn1c(N)c(NCc2cc(C)no2)c(=O)n(C)c1=O. The van der Waals surface area contributed by atoms with Crippen molar-refractivity contribution >= 4 is 11.5 Å². The molecule has 0 aliphatic rings. The van der Waals surface area contributed by atoms with Gasteiger partial charge in [0.15, 0.2) is 5.76 Å². The second-order valence-electron chi connectivity index (χ2n) is 4.85. The van der Waals surface area contributed by atoms with Gasteiger partial charge in [-0.2, -0.15) is 0 Å². The van der Waals surface area contributed by atoms with E-state index in [-0.39, 0.29) is 18.1 Å². The van der Waals surface area contributed by atoms with E-state index >= 15 is 0 Å². The maximum Gasteiger partial charge on any atom is 0.332 e. The predicted molar refractivity (Wildman–Crippen MR) is 79.2 cm³/mol. The third-order valence-corrected chi connectivity index (χ3v) is 3.15. The molecule has 0 saturated carbocycles. The number of rotatable bonds is 5. The van der Waals surface area contributed by atoms with Crippen molar-refractivity contribution in [2.24, 2.45) is 7.05 Å². The van der Waals surface area contributed by atoms with E-state index in [4.69, 9.17) is 10.3 Å². The number of aryl methyl sites for hydroxylation is 1. The minimum atomic E-state index is -0.457. The van der Waals surface area contributed by atoms with Crippen molar-refractivity contribution in [3.8, 4) is 0 Å². The molecule has 2 aromatic heterocycles. The summed E-state index contributed by atoms with van der Waals surface area (Å²) >= 11 is 0. The van der Waals surface area contributed by atoms with Gasteiger partial charge in [-0.1, -0.05) is 12.1 Å². The first-order valence-corrected chi connectivity index (χ1v) is 6.71. The van der Waals surface area contributed by atoms with Crippen LogP contribution < -0.4 is 22.3 Å². The Morgan fingerprint density at radius 3 is 2.71 bits per heavy atom. The summed E-state index contributed by atoms with van der Waals surface area (Å²) in [5.74, 6) is 0.725. The predicted octanol–water partition coefficient (Wildman–Crippen LogP) is 0.448. The van der Waals surface area contributed by atoms with Crippen molar-refractivity contribution in [1.82, 2.24) is 14.3 Å². The monoisotopic (exact) mass is 293 g/mol. The Hall–Kier alpha value is -2.51. The van der Waals surface area contributed by atoms with E-state index in [1.807, 2.05) is 13.8 Å². The molecule has 0 atom stereocenters. The number of nitrogens with one attached hydrogen (secondary N) is 1. The van der Waals surface area contributed by atoms with Crippen LogP contribution in [-0.4, -0.2) is 14.3 Å². The van der Waals surface area contributed by atoms with Crippen LogP contribution in [0.25, 0.3) is 0 Å². The lowest BCUT2D eigenvalue weighted by Crippen LogP contribution is -2.40. The number of aromatic nitrogens is 3. The Bertz CT molecular complexity index is 756. The molecule has 0 unspecified atom stereocenters. The Kier molecular flexibility index (Phi) is 4.15. The first-order chi connectivity index (χ1) is 9.95. The number of anilines is 2. The van der Waals surface area contributed by atoms with Crippen LogP contribution in [0.3, 0.4) is 0 Å². The second-order valence-corrected chi connectivity index (χ2v) is 4.85.